The van der Waals surface area contributed by atoms with E-state index in [-0.39, 0.29) is 18.5 Å². The van der Waals surface area contributed by atoms with E-state index >= 15 is 0 Å². The standard InChI is InChI=1S/C27H36ClN3O5S/c1-5-24(27(33)29-22-8-6-7-9-22)30(17-20-11-14-23(36-3)15-12-20)26(32)18-31(37(4,34)35)25-16-21(28)13-10-19(25)2/h10-16,22,24H,5-9,17-18H2,1-4H3,(H,29,33)/t24-/m0/s1. The molecule has 3 rings (SSSR count). The van der Waals surface area contributed by atoms with Gasteiger partial charge in [0.2, 0.25) is 21.8 Å². The highest BCUT2D eigenvalue weighted by Crippen LogP contribution is 2.27. The Labute approximate surface area is 225 Å². The zero-order chi connectivity index (χ0) is 27.2. The molecule has 37 heavy (non-hydrogen) atoms. The fourth-order valence-corrected chi connectivity index (χ4v) is 5.73. The molecular formula is C27H36ClN3O5S. The summed E-state index contributed by atoms with van der Waals surface area (Å²) in [5.74, 6) is -0.0255. The van der Waals surface area contributed by atoms with Crippen molar-refractivity contribution in [2.24, 2.45) is 0 Å². The average molecular weight is 550 g/mol. The summed E-state index contributed by atoms with van der Waals surface area (Å²) in [5.41, 5.74) is 1.79. The van der Waals surface area contributed by atoms with E-state index in [0.29, 0.717) is 28.4 Å². The summed E-state index contributed by atoms with van der Waals surface area (Å²) in [5, 5.41) is 3.46. The molecule has 1 saturated carbocycles. The van der Waals surface area contributed by atoms with Crippen molar-refractivity contribution in [1.82, 2.24) is 10.2 Å². The molecule has 2 aromatic carbocycles. The molecule has 0 aromatic heterocycles. The first kappa shape index (κ1) is 28.8. The van der Waals surface area contributed by atoms with Crippen molar-refractivity contribution in [3.05, 3.63) is 58.6 Å². The summed E-state index contributed by atoms with van der Waals surface area (Å²) >= 11 is 6.16. The lowest BCUT2D eigenvalue weighted by atomic mass is 10.1. The van der Waals surface area contributed by atoms with E-state index in [2.05, 4.69) is 5.32 Å². The summed E-state index contributed by atoms with van der Waals surface area (Å²) in [6.07, 6.45) is 5.42. The van der Waals surface area contributed by atoms with Gasteiger partial charge in [-0.1, -0.05) is 49.6 Å². The lowest BCUT2D eigenvalue weighted by Gasteiger charge is -2.33. The molecule has 2 aromatic rings. The first-order valence-corrected chi connectivity index (χ1v) is 14.7. The van der Waals surface area contributed by atoms with Crippen LogP contribution in [0, 0.1) is 6.92 Å². The first-order valence-electron chi connectivity index (χ1n) is 12.5. The molecule has 0 radical (unpaired) electrons. The molecule has 0 aliphatic heterocycles. The lowest BCUT2D eigenvalue weighted by Crippen LogP contribution is -2.53. The number of methoxy groups -OCH3 is 1. The van der Waals surface area contributed by atoms with Crippen molar-refractivity contribution in [3.8, 4) is 5.75 Å². The fourth-order valence-electron chi connectivity index (χ4n) is 4.66. The molecule has 1 aliphatic rings. The predicted molar refractivity (Wildman–Crippen MR) is 146 cm³/mol. The van der Waals surface area contributed by atoms with Crippen molar-refractivity contribution >= 4 is 39.1 Å². The zero-order valence-corrected chi connectivity index (χ0v) is 23.4. The van der Waals surface area contributed by atoms with Gasteiger partial charge in [0.25, 0.3) is 0 Å². The van der Waals surface area contributed by atoms with Crippen molar-refractivity contribution in [1.29, 1.82) is 0 Å². The van der Waals surface area contributed by atoms with Gasteiger partial charge in [0.05, 0.1) is 19.1 Å². The maximum Gasteiger partial charge on any atom is 0.244 e. The minimum atomic E-state index is -3.83. The van der Waals surface area contributed by atoms with E-state index in [4.69, 9.17) is 16.3 Å². The molecule has 0 saturated heterocycles. The SMILES string of the molecule is CC[C@@H](C(=O)NC1CCCC1)N(Cc1ccc(OC)cc1)C(=O)CN(c1cc(Cl)ccc1C)S(C)(=O)=O. The maximum absolute atomic E-state index is 13.8. The quantitative estimate of drug-likeness (QED) is 0.451. The summed E-state index contributed by atoms with van der Waals surface area (Å²) in [7, 11) is -2.26. The van der Waals surface area contributed by atoms with Gasteiger partial charge in [-0.25, -0.2) is 8.42 Å². The predicted octanol–water partition coefficient (Wildman–Crippen LogP) is 4.29. The van der Waals surface area contributed by atoms with Crippen LogP contribution in [0.2, 0.25) is 5.02 Å². The number of hydrogen-bond donors (Lipinski definition) is 1. The van der Waals surface area contributed by atoms with Gasteiger partial charge < -0.3 is 15.0 Å². The molecule has 1 fully saturated rings. The number of nitrogens with zero attached hydrogens (tertiary/aromatic N) is 2. The Kier molecular flexibility index (Phi) is 9.84. The zero-order valence-electron chi connectivity index (χ0n) is 21.9. The van der Waals surface area contributed by atoms with Crippen LogP contribution in [0.5, 0.6) is 5.75 Å². The topological polar surface area (TPSA) is 96.0 Å². The molecule has 0 unspecified atom stereocenters. The Bertz CT molecular complexity index is 1200. The van der Waals surface area contributed by atoms with E-state index in [9.17, 15) is 18.0 Å². The Hall–Kier alpha value is -2.78. The van der Waals surface area contributed by atoms with Gasteiger partial charge in [-0.3, -0.25) is 13.9 Å². The molecule has 2 amide bonds. The molecule has 8 nitrogen and oxygen atoms in total. The number of amides is 2. The van der Waals surface area contributed by atoms with E-state index in [1.807, 2.05) is 19.1 Å². The van der Waals surface area contributed by atoms with Crippen molar-refractivity contribution < 1.29 is 22.7 Å². The largest absolute Gasteiger partial charge is 0.497 e. The van der Waals surface area contributed by atoms with Crippen LogP contribution in [0.3, 0.4) is 0 Å². The number of sulfonamides is 1. The summed E-state index contributed by atoms with van der Waals surface area (Å²) in [6, 6.07) is 11.5. The third kappa shape index (κ3) is 7.61. The van der Waals surface area contributed by atoms with Crippen molar-refractivity contribution in [3.63, 3.8) is 0 Å². The minimum absolute atomic E-state index is 0.0983. The summed E-state index contributed by atoms with van der Waals surface area (Å²) in [4.78, 5) is 28.6. The molecule has 202 valence electrons. The van der Waals surface area contributed by atoms with Crippen LogP contribution < -0.4 is 14.4 Å². The molecule has 10 heteroatoms. The molecule has 0 spiro atoms. The number of benzene rings is 2. The molecule has 1 aliphatic carbocycles. The summed E-state index contributed by atoms with van der Waals surface area (Å²) in [6.45, 7) is 3.30. The number of aryl methyl sites for hydroxylation is 1. The minimum Gasteiger partial charge on any atom is -0.497 e. The molecule has 1 N–H and O–H groups in total. The Morgan fingerprint density at radius 3 is 2.35 bits per heavy atom. The number of hydrogen-bond acceptors (Lipinski definition) is 5. The van der Waals surface area contributed by atoms with Crippen molar-refractivity contribution in [2.45, 2.75) is 64.6 Å². The van der Waals surface area contributed by atoms with Crippen LogP contribution in [0.15, 0.2) is 42.5 Å². The number of halogens is 1. The van der Waals surface area contributed by atoms with E-state index in [0.717, 1.165) is 41.8 Å². The Morgan fingerprint density at radius 1 is 1.14 bits per heavy atom. The third-order valence-corrected chi connectivity index (χ3v) is 8.08. The summed E-state index contributed by atoms with van der Waals surface area (Å²) < 4.78 is 31.9. The smallest absolute Gasteiger partial charge is 0.244 e. The second-order valence-electron chi connectivity index (χ2n) is 9.48. The average Bonchev–Trinajstić information content (AvgIpc) is 3.36. The highest BCUT2D eigenvalue weighted by molar-refractivity contribution is 7.92. The van der Waals surface area contributed by atoms with Gasteiger partial charge in [-0.2, -0.15) is 0 Å². The van der Waals surface area contributed by atoms with E-state index in [1.165, 1.54) is 11.0 Å². The van der Waals surface area contributed by atoms with Crippen LogP contribution in [0.1, 0.15) is 50.2 Å². The van der Waals surface area contributed by atoms with Crippen LogP contribution in [0.25, 0.3) is 0 Å². The third-order valence-electron chi connectivity index (χ3n) is 6.72. The van der Waals surface area contributed by atoms with Gasteiger partial charge in [0, 0.05) is 17.6 Å². The highest BCUT2D eigenvalue weighted by atomic mass is 35.5. The number of rotatable bonds is 11. The van der Waals surface area contributed by atoms with Gasteiger partial charge in [-0.15, -0.1) is 0 Å². The van der Waals surface area contributed by atoms with Gasteiger partial charge >= 0.3 is 0 Å². The fraction of sp³-hybridized carbons (Fsp3) is 0.481. The van der Waals surface area contributed by atoms with Gasteiger partial charge in [0.15, 0.2) is 0 Å². The van der Waals surface area contributed by atoms with E-state index in [1.54, 1.807) is 38.3 Å². The molecule has 0 bridgehead atoms. The second-order valence-corrected chi connectivity index (χ2v) is 11.8. The number of ether oxygens (including phenoxy) is 1. The number of carbonyl (C=O) groups is 2. The number of anilines is 1. The molecule has 1 atom stereocenters. The van der Waals surface area contributed by atoms with Gasteiger partial charge in [0.1, 0.15) is 18.3 Å². The molecule has 0 heterocycles. The Balaban J connectivity index is 1.94. The number of carbonyl (C=O) groups excluding carboxylic acids is 2. The van der Waals surface area contributed by atoms with Crippen molar-refractivity contribution in [2.75, 3.05) is 24.2 Å². The monoisotopic (exact) mass is 549 g/mol. The normalized spacial score (nSPS) is 14.7. The maximum atomic E-state index is 13.8. The first-order chi connectivity index (χ1) is 17.5. The number of nitrogens with one attached hydrogen (secondary N) is 1. The second kappa shape index (κ2) is 12.6. The molecular weight excluding hydrogens is 514 g/mol. The van der Waals surface area contributed by atoms with Crippen LogP contribution in [-0.4, -0.2) is 57.1 Å². The van der Waals surface area contributed by atoms with Crippen LogP contribution >= 0.6 is 11.6 Å². The van der Waals surface area contributed by atoms with Crippen LogP contribution in [0.4, 0.5) is 5.69 Å². The van der Waals surface area contributed by atoms with Gasteiger partial charge in [-0.05, 0) is 61.6 Å². The van der Waals surface area contributed by atoms with Crippen LogP contribution in [-0.2, 0) is 26.2 Å². The van der Waals surface area contributed by atoms with E-state index < -0.39 is 28.5 Å². The highest BCUT2D eigenvalue weighted by Gasteiger charge is 2.33. The Morgan fingerprint density at radius 2 is 1.78 bits per heavy atom. The lowest BCUT2D eigenvalue weighted by molar-refractivity contribution is -0.140.